The predicted molar refractivity (Wildman–Crippen MR) is 59.9 cm³/mol. The molecule has 16 heavy (non-hydrogen) atoms. The Morgan fingerprint density at radius 2 is 2.06 bits per heavy atom. The summed E-state index contributed by atoms with van der Waals surface area (Å²) in [5.41, 5.74) is 5.31. The van der Waals surface area contributed by atoms with E-state index in [1.54, 1.807) is 0 Å². The van der Waals surface area contributed by atoms with Crippen LogP contribution in [0.25, 0.3) is 0 Å². The van der Waals surface area contributed by atoms with Crippen LogP contribution in [-0.2, 0) is 6.42 Å². The van der Waals surface area contributed by atoms with E-state index < -0.39 is 11.6 Å². The summed E-state index contributed by atoms with van der Waals surface area (Å²) in [4.78, 5) is 0. The van der Waals surface area contributed by atoms with Gasteiger partial charge in [0.1, 0.15) is 16.6 Å². The van der Waals surface area contributed by atoms with Gasteiger partial charge in [0.2, 0.25) is 0 Å². The fourth-order valence-electron chi connectivity index (χ4n) is 1.43. The molecule has 0 spiro atoms. The van der Waals surface area contributed by atoms with E-state index in [4.69, 9.17) is 22.1 Å². The van der Waals surface area contributed by atoms with Crippen molar-refractivity contribution in [2.45, 2.75) is 19.3 Å². The summed E-state index contributed by atoms with van der Waals surface area (Å²) in [6, 6.07) is 1.10. The summed E-state index contributed by atoms with van der Waals surface area (Å²) in [5, 5.41) is -0.174. The van der Waals surface area contributed by atoms with Gasteiger partial charge in [-0.15, -0.1) is 0 Å². The van der Waals surface area contributed by atoms with Gasteiger partial charge in [0, 0.05) is 11.6 Å². The molecule has 0 fully saturated rings. The summed E-state index contributed by atoms with van der Waals surface area (Å²) >= 11 is 5.69. The number of methoxy groups -OCH3 is 1. The van der Waals surface area contributed by atoms with Crippen LogP contribution in [-0.4, -0.2) is 13.7 Å². The number of halogens is 3. The van der Waals surface area contributed by atoms with Gasteiger partial charge in [-0.25, -0.2) is 8.78 Å². The summed E-state index contributed by atoms with van der Waals surface area (Å²) in [7, 11) is 1.31. The molecule has 2 N–H and O–H groups in total. The van der Waals surface area contributed by atoms with Gasteiger partial charge in [0.25, 0.3) is 0 Å². The minimum absolute atomic E-state index is 0.000694. The maximum atomic E-state index is 13.7. The number of ether oxygens (including phenoxy) is 1. The first-order valence-electron chi connectivity index (χ1n) is 5.02. The standard InChI is InChI=1S/C11H14ClF2NO/c1-16-9-6-8(13)7(4-2-3-5-15)11(14)10(9)12/h6H,2-5,15H2,1H3. The van der Waals surface area contributed by atoms with Crippen LogP contribution in [0.4, 0.5) is 8.78 Å². The van der Waals surface area contributed by atoms with Crippen molar-refractivity contribution in [2.75, 3.05) is 13.7 Å². The molecular weight excluding hydrogens is 236 g/mol. The molecule has 1 aromatic carbocycles. The minimum atomic E-state index is -0.740. The SMILES string of the molecule is COc1cc(F)c(CCCCN)c(F)c1Cl. The van der Waals surface area contributed by atoms with Crippen LogP contribution < -0.4 is 10.5 Å². The predicted octanol–water partition coefficient (Wildman–Crippen LogP) is 2.91. The van der Waals surface area contributed by atoms with E-state index in [1.807, 2.05) is 0 Å². The number of unbranched alkanes of at least 4 members (excludes halogenated alkanes) is 1. The summed E-state index contributed by atoms with van der Waals surface area (Å²) in [6.07, 6.45) is 1.65. The van der Waals surface area contributed by atoms with E-state index in [0.717, 1.165) is 12.5 Å². The van der Waals surface area contributed by atoms with Crippen molar-refractivity contribution in [1.82, 2.24) is 0 Å². The zero-order valence-electron chi connectivity index (χ0n) is 9.03. The molecule has 0 aromatic heterocycles. The van der Waals surface area contributed by atoms with Crippen LogP contribution in [0.2, 0.25) is 5.02 Å². The Kier molecular flexibility index (Phi) is 4.96. The Morgan fingerprint density at radius 3 is 2.62 bits per heavy atom. The van der Waals surface area contributed by atoms with Gasteiger partial charge in [-0.2, -0.15) is 0 Å². The molecule has 0 aliphatic heterocycles. The third kappa shape index (κ3) is 2.83. The van der Waals surface area contributed by atoms with E-state index in [9.17, 15) is 8.78 Å². The Labute approximate surface area is 98.3 Å². The van der Waals surface area contributed by atoms with Crippen LogP contribution in [0, 0.1) is 11.6 Å². The third-order valence-corrected chi connectivity index (χ3v) is 2.67. The monoisotopic (exact) mass is 249 g/mol. The lowest BCUT2D eigenvalue weighted by Gasteiger charge is -2.09. The Morgan fingerprint density at radius 1 is 1.38 bits per heavy atom. The molecule has 0 radical (unpaired) electrons. The van der Waals surface area contributed by atoms with Crippen LogP contribution in [0.5, 0.6) is 5.75 Å². The molecule has 1 rings (SSSR count). The summed E-state index contributed by atoms with van der Waals surface area (Å²) in [6.45, 7) is 0.507. The molecule has 0 heterocycles. The third-order valence-electron chi connectivity index (χ3n) is 2.32. The van der Waals surface area contributed by atoms with Crippen molar-refractivity contribution < 1.29 is 13.5 Å². The van der Waals surface area contributed by atoms with Gasteiger partial charge in [-0.05, 0) is 25.8 Å². The summed E-state index contributed by atoms with van der Waals surface area (Å²) < 4.78 is 31.9. The van der Waals surface area contributed by atoms with Crippen molar-refractivity contribution in [3.05, 3.63) is 28.3 Å². The smallest absolute Gasteiger partial charge is 0.151 e. The Hall–Kier alpha value is -0.870. The van der Waals surface area contributed by atoms with Gasteiger partial charge in [-0.1, -0.05) is 11.6 Å². The van der Waals surface area contributed by atoms with Crippen molar-refractivity contribution >= 4 is 11.6 Å². The molecule has 1 aromatic rings. The molecule has 0 saturated carbocycles. The molecule has 0 aliphatic carbocycles. The van der Waals surface area contributed by atoms with Gasteiger partial charge in [-0.3, -0.25) is 0 Å². The van der Waals surface area contributed by atoms with Crippen LogP contribution >= 0.6 is 11.6 Å². The highest BCUT2D eigenvalue weighted by atomic mass is 35.5. The zero-order chi connectivity index (χ0) is 12.1. The maximum Gasteiger partial charge on any atom is 0.151 e. The molecule has 90 valence electrons. The lowest BCUT2D eigenvalue weighted by molar-refractivity contribution is 0.405. The zero-order valence-corrected chi connectivity index (χ0v) is 9.78. The molecule has 0 amide bonds. The van der Waals surface area contributed by atoms with E-state index in [-0.39, 0.29) is 16.3 Å². The molecule has 0 unspecified atom stereocenters. The first-order chi connectivity index (χ1) is 7.61. The normalized spacial score (nSPS) is 10.6. The average Bonchev–Trinajstić information content (AvgIpc) is 2.28. The highest BCUT2D eigenvalue weighted by Gasteiger charge is 2.17. The lowest BCUT2D eigenvalue weighted by atomic mass is 10.1. The van der Waals surface area contributed by atoms with E-state index in [2.05, 4.69) is 0 Å². The second kappa shape index (κ2) is 6.01. The maximum absolute atomic E-state index is 13.7. The largest absolute Gasteiger partial charge is 0.495 e. The number of benzene rings is 1. The van der Waals surface area contributed by atoms with Crippen molar-refractivity contribution in [1.29, 1.82) is 0 Å². The van der Waals surface area contributed by atoms with Gasteiger partial charge in [0.05, 0.1) is 7.11 Å². The second-order valence-corrected chi connectivity index (χ2v) is 3.79. The minimum Gasteiger partial charge on any atom is -0.495 e. The summed E-state index contributed by atoms with van der Waals surface area (Å²) in [5.74, 6) is -1.36. The van der Waals surface area contributed by atoms with E-state index in [1.165, 1.54) is 7.11 Å². The molecule has 0 aliphatic rings. The molecule has 0 atom stereocenters. The van der Waals surface area contributed by atoms with Crippen LogP contribution in [0.1, 0.15) is 18.4 Å². The molecule has 0 saturated heterocycles. The van der Waals surface area contributed by atoms with Crippen molar-refractivity contribution in [3.8, 4) is 5.75 Å². The number of rotatable bonds is 5. The quantitative estimate of drug-likeness (QED) is 0.643. The van der Waals surface area contributed by atoms with E-state index in [0.29, 0.717) is 19.4 Å². The lowest BCUT2D eigenvalue weighted by Crippen LogP contribution is -2.03. The first kappa shape index (κ1) is 13.2. The topological polar surface area (TPSA) is 35.2 Å². The van der Waals surface area contributed by atoms with Gasteiger partial charge >= 0.3 is 0 Å². The number of nitrogens with two attached hydrogens (primary N) is 1. The highest BCUT2D eigenvalue weighted by molar-refractivity contribution is 6.32. The van der Waals surface area contributed by atoms with Crippen molar-refractivity contribution in [3.63, 3.8) is 0 Å². The second-order valence-electron chi connectivity index (χ2n) is 3.41. The van der Waals surface area contributed by atoms with Gasteiger partial charge in [0.15, 0.2) is 5.82 Å². The fraction of sp³-hybridized carbons (Fsp3) is 0.455. The van der Waals surface area contributed by atoms with Crippen molar-refractivity contribution in [2.24, 2.45) is 5.73 Å². The van der Waals surface area contributed by atoms with Crippen LogP contribution in [0.3, 0.4) is 0 Å². The van der Waals surface area contributed by atoms with E-state index >= 15 is 0 Å². The molecule has 0 bridgehead atoms. The molecule has 2 nitrogen and oxygen atoms in total. The molecular formula is C11H14ClF2NO. The number of hydrogen-bond donors (Lipinski definition) is 1. The van der Waals surface area contributed by atoms with Crippen LogP contribution in [0.15, 0.2) is 6.07 Å². The Balaban J connectivity index is 2.96. The highest BCUT2D eigenvalue weighted by Crippen LogP contribution is 2.32. The average molecular weight is 250 g/mol. The molecule has 5 heteroatoms. The first-order valence-corrected chi connectivity index (χ1v) is 5.40. The van der Waals surface area contributed by atoms with Gasteiger partial charge < -0.3 is 10.5 Å². The fourth-order valence-corrected chi connectivity index (χ4v) is 1.68. The number of hydrogen-bond acceptors (Lipinski definition) is 2. The Bertz CT molecular complexity index is 371.